The van der Waals surface area contributed by atoms with Gasteiger partial charge < -0.3 is 14.3 Å². The van der Waals surface area contributed by atoms with Crippen LogP contribution in [0.5, 0.6) is 0 Å². The van der Waals surface area contributed by atoms with E-state index < -0.39 is 0 Å². The Morgan fingerprint density at radius 3 is 1.00 bits per heavy atom. The van der Waals surface area contributed by atoms with Gasteiger partial charge in [-0.15, -0.1) is 0 Å². The second kappa shape index (κ2) is 56.0. The molecule has 118 valence electrons. The molecule has 0 bridgehead atoms. The molecule has 0 aromatic carbocycles. The fourth-order valence-electron chi connectivity index (χ4n) is 0. The van der Waals surface area contributed by atoms with Crippen LogP contribution in [-0.2, 0) is 19.1 Å². The number of rotatable bonds is 1. The lowest BCUT2D eigenvalue weighted by Gasteiger charge is -1.80. The quantitative estimate of drug-likeness (QED) is 0.664. The van der Waals surface area contributed by atoms with Crippen molar-refractivity contribution >= 4 is 11.8 Å². The molecule has 0 radical (unpaired) electrons. The molecule has 0 unspecified atom stereocenters. The Kier molecular flexibility index (Phi) is 135. The Balaban J connectivity index is -0.0000000176. The minimum atomic E-state index is -0.245. The third-order valence-electron chi connectivity index (χ3n) is 0.576. The van der Waals surface area contributed by atoms with Crippen LogP contribution in [0.25, 0.3) is 0 Å². The van der Waals surface area contributed by atoms with Crippen molar-refractivity contribution in [1.29, 1.82) is 0 Å². The van der Waals surface area contributed by atoms with Crippen LogP contribution < -0.4 is 0 Å². The highest BCUT2D eigenvalue weighted by molar-refractivity contribution is 5.72. The number of Topliss-reactive ketones (excluding diaryl/α,β-unsaturated/α-hetero) is 1. The molecule has 4 nitrogen and oxygen atoms in total. The summed E-state index contributed by atoms with van der Waals surface area (Å²) >= 11 is 0. The molecule has 0 saturated carbocycles. The third-order valence-corrected chi connectivity index (χ3v) is 0.576. The maximum Gasteiger partial charge on any atom is 0.302 e. The van der Waals surface area contributed by atoms with E-state index in [-0.39, 0.29) is 34.0 Å². The second-order valence-electron chi connectivity index (χ2n) is 2.18. The van der Waals surface area contributed by atoms with Crippen molar-refractivity contribution in [3.05, 3.63) is 0 Å². The summed E-state index contributed by atoms with van der Waals surface area (Å²) in [5.74, 6) is -0.0787. The third kappa shape index (κ3) is 681. The lowest BCUT2D eigenvalue weighted by molar-refractivity contribution is -0.137. The van der Waals surface area contributed by atoms with E-state index in [1.165, 1.54) is 27.9 Å². The summed E-state index contributed by atoms with van der Waals surface area (Å²) in [5, 5.41) is 0. The van der Waals surface area contributed by atoms with E-state index in [0.29, 0.717) is 0 Å². The molecule has 0 N–H and O–H groups in total. The molecule has 18 heavy (non-hydrogen) atoms. The van der Waals surface area contributed by atoms with E-state index in [4.69, 9.17) is 0 Å². The topological polar surface area (TPSA) is 52.6 Å². The summed E-state index contributed by atoms with van der Waals surface area (Å²) in [6.45, 7) is 11.2. The van der Waals surface area contributed by atoms with Gasteiger partial charge in [0.05, 0.1) is 7.11 Å². The molecule has 0 aliphatic rings. The number of carbonyl (C=O) groups is 2. The highest BCUT2D eigenvalue weighted by Crippen LogP contribution is 1.60. The summed E-state index contributed by atoms with van der Waals surface area (Å²) < 4.78 is 8.65. The van der Waals surface area contributed by atoms with Gasteiger partial charge in [-0.2, -0.15) is 0 Å². The van der Waals surface area contributed by atoms with Gasteiger partial charge in [0.1, 0.15) is 5.78 Å². The summed E-state index contributed by atoms with van der Waals surface area (Å²) in [5.41, 5.74) is 0. The molecule has 0 heterocycles. The minimum Gasteiger partial charge on any atom is -0.469 e. The Morgan fingerprint density at radius 2 is 1.00 bits per heavy atom. The van der Waals surface area contributed by atoms with Crippen molar-refractivity contribution in [1.82, 2.24) is 0 Å². The molecule has 0 saturated heterocycles. The molecule has 0 aliphatic heterocycles. The first-order chi connectivity index (χ1) is 6.92. The van der Waals surface area contributed by atoms with Crippen molar-refractivity contribution in [3.63, 3.8) is 0 Å². The van der Waals surface area contributed by atoms with E-state index in [9.17, 15) is 9.59 Å². The monoisotopic (exact) mass is 270 g/mol. The van der Waals surface area contributed by atoms with Crippen molar-refractivity contribution in [2.45, 2.75) is 63.8 Å². The van der Waals surface area contributed by atoms with Gasteiger partial charge >= 0.3 is 5.97 Å². The number of hydrogen-bond donors (Lipinski definition) is 0. The molecule has 0 atom stereocenters. The van der Waals surface area contributed by atoms with Crippen molar-refractivity contribution in [2.75, 3.05) is 20.8 Å². The maximum atomic E-state index is 9.59. The van der Waals surface area contributed by atoms with E-state index in [1.54, 1.807) is 7.11 Å². The highest BCUT2D eigenvalue weighted by atomic mass is 16.5. The summed E-state index contributed by atoms with van der Waals surface area (Å²) in [6, 6.07) is 0. The van der Waals surface area contributed by atoms with Gasteiger partial charge in [0.15, 0.2) is 0 Å². The largest absolute Gasteiger partial charge is 0.469 e. The number of esters is 1. The zero-order chi connectivity index (χ0) is 13.3. The van der Waals surface area contributed by atoms with Gasteiger partial charge in [-0.25, -0.2) is 0 Å². The molecular weight excluding hydrogens is 232 g/mol. The van der Waals surface area contributed by atoms with Crippen molar-refractivity contribution in [3.8, 4) is 0 Å². The average molecular weight is 270 g/mol. The van der Waals surface area contributed by atoms with Crippen LogP contribution in [0, 0.1) is 0 Å². The smallest absolute Gasteiger partial charge is 0.302 e. The van der Waals surface area contributed by atoms with E-state index in [1.807, 2.05) is 20.8 Å². The normalized spacial score (nSPS) is 5.33. The zero-order valence-electron chi connectivity index (χ0n) is 11.3. The SMILES string of the molecule is C.C.C.CC.CC(C)=O.CCOC.COC(C)=O. The van der Waals surface area contributed by atoms with Gasteiger partial charge in [-0.05, 0) is 20.8 Å². The molecule has 0 spiro atoms. The maximum absolute atomic E-state index is 9.59. The fourth-order valence-corrected chi connectivity index (χ4v) is 0. The molecule has 0 fully saturated rings. The van der Waals surface area contributed by atoms with Crippen LogP contribution >= 0.6 is 0 Å². The summed E-state index contributed by atoms with van der Waals surface area (Å²) in [4.78, 5) is 19.0. The Bertz CT molecular complexity index is 117. The predicted molar refractivity (Wildman–Crippen MR) is 83.1 cm³/mol. The molecule has 4 heteroatoms. The molecule has 0 aliphatic carbocycles. The van der Waals surface area contributed by atoms with Crippen LogP contribution in [0.4, 0.5) is 0 Å². The van der Waals surface area contributed by atoms with Gasteiger partial charge in [0, 0.05) is 20.6 Å². The van der Waals surface area contributed by atoms with Crippen LogP contribution in [0.15, 0.2) is 0 Å². The number of carbonyl (C=O) groups excluding carboxylic acids is 2. The van der Waals surface area contributed by atoms with Crippen LogP contribution in [0.1, 0.15) is 63.8 Å². The van der Waals surface area contributed by atoms with Crippen LogP contribution in [0.3, 0.4) is 0 Å². The standard InChI is InChI=1S/C3H6O2.C3H8O.C3H6O.C2H6.3CH4/c1-3(4)5-2;1-3-4-2;1-3(2)4;1-2;;;/h1-2H3;3H2,1-2H3;1-2H3;1-2H3;3*1H4. The predicted octanol–water partition coefficient (Wildman–Crippen LogP) is 4.36. The summed E-state index contributed by atoms with van der Waals surface area (Å²) in [7, 11) is 3.03. The van der Waals surface area contributed by atoms with E-state index in [0.717, 1.165) is 6.61 Å². The minimum absolute atomic E-state index is 0. The molecular formula is C14H38O4. The highest BCUT2D eigenvalue weighted by Gasteiger charge is 1.75. The Labute approximate surface area is 116 Å². The molecule has 0 aromatic rings. The van der Waals surface area contributed by atoms with E-state index in [2.05, 4.69) is 9.47 Å². The van der Waals surface area contributed by atoms with Gasteiger partial charge in [-0.3, -0.25) is 4.79 Å². The lowest BCUT2D eigenvalue weighted by atomic mass is 10.6. The van der Waals surface area contributed by atoms with Crippen molar-refractivity contribution < 1.29 is 19.1 Å². The second-order valence-corrected chi connectivity index (χ2v) is 2.18. The van der Waals surface area contributed by atoms with E-state index >= 15 is 0 Å². The first-order valence-corrected chi connectivity index (χ1v) is 4.92. The zero-order valence-corrected chi connectivity index (χ0v) is 11.3. The molecule has 0 rings (SSSR count). The van der Waals surface area contributed by atoms with Gasteiger partial charge in [0.25, 0.3) is 0 Å². The number of methoxy groups -OCH3 is 2. The Morgan fingerprint density at radius 1 is 0.889 bits per heavy atom. The van der Waals surface area contributed by atoms with Crippen LogP contribution in [-0.4, -0.2) is 32.6 Å². The molecule has 0 amide bonds. The number of ether oxygens (including phenoxy) is 2. The lowest BCUT2D eigenvalue weighted by Crippen LogP contribution is -1.88. The Hall–Kier alpha value is -0.900. The number of hydrogen-bond acceptors (Lipinski definition) is 4. The molecule has 0 aromatic heterocycles. The fraction of sp³-hybridized carbons (Fsp3) is 0.857. The first-order valence-electron chi connectivity index (χ1n) is 4.92. The van der Waals surface area contributed by atoms with Crippen LogP contribution in [0.2, 0.25) is 0 Å². The number of ketones is 1. The summed E-state index contributed by atoms with van der Waals surface area (Å²) in [6.07, 6.45) is 0. The first kappa shape index (κ1) is 43.5. The average Bonchev–Trinajstić information content (AvgIpc) is 2.20. The van der Waals surface area contributed by atoms with Crippen molar-refractivity contribution in [2.24, 2.45) is 0 Å². The van der Waals surface area contributed by atoms with Gasteiger partial charge in [-0.1, -0.05) is 36.1 Å². The van der Waals surface area contributed by atoms with Gasteiger partial charge in [0.2, 0.25) is 0 Å².